The van der Waals surface area contributed by atoms with Gasteiger partial charge < -0.3 is 15.0 Å². The average Bonchev–Trinajstić information content (AvgIpc) is 2.46. The summed E-state index contributed by atoms with van der Waals surface area (Å²) in [5, 5.41) is 3.36. The fourth-order valence-corrected chi connectivity index (χ4v) is 3.38. The van der Waals surface area contributed by atoms with Crippen molar-refractivity contribution in [3.8, 4) is 0 Å². The maximum Gasteiger partial charge on any atom is 0.0508 e. The monoisotopic (exact) mass is 340 g/mol. The smallest absolute Gasteiger partial charge is 0.0508 e. The van der Waals surface area contributed by atoms with Crippen LogP contribution in [0.15, 0.2) is 22.7 Å². The number of hydrogen-bond donors (Lipinski definition) is 1. The van der Waals surface area contributed by atoms with Crippen LogP contribution in [0.1, 0.15) is 25.3 Å². The zero-order chi connectivity index (χ0) is 14.4. The molecular weight excluding hydrogens is 316 g/mol. The van der Waals surface area contributed by atoms with Gasteiger partial charge in [-0.25, -0.2) is 0 Å². The van der Waals surface area contributed by atoms with E-state index in [0.717, 1.165) is 38.8 Å². The molecule has 0 bridgehead atoms. The van der Waals surface area contributed by atoms with E-state index < -0.39 is 0 Å². The van der Waals surface area contributed by atoms with E-state index in [0.29, 0.717) is 0 Å². The van der Waals surface area contributed by atoms with Gasteiger partial charge in [-0.2, -0.15) is 0 Å². The first-order valence-corrected chi connectivity index (χ1v) is 8.28. The molecule has 1 aromatic rings. The third-order valence-corrected chi connectivity index (χ3v) is 4.51. The van der Waals surface area contributed by atoms with E-state index in [1.165, 1.54) is 28.6 Å². The van der Waals surface area contributed by atoms with Crippen LogP contribution in [-0.4, -0.2) is 33.4 Å². The summed E-state index contributed by atoms with van der Waals surface area (Å²) >= 11 is 3.71. The van der Waals surface area contributed by atoms with Crippen LogP contribution >= 0.6 is 15.9 Å². The Bertz CT molecular complexity index is 419. The summed E-state index contributed by atoms with van der Waals surface area (Å²) in [5.41, 5.74) is 2.60. The van der Waals surface area contributed by atoms with Crippen LogP contribution in [0.25, 0.3) is 0 Å². The zero-order valence-corrected chi connectivity index (χ0v) is 14.1. The van der Waals surface area contributed by atoms with Gasteiger partial charge in [0.05, 0.1) is 5.69 Å². The van der Waals surface area contributed by atoms with Gasteiger partial charge in [0.15, 0.2) is 0 Å². The van der Waals surface area contributed by atoms with Gasteiger partial charge in [0.2, 0.25) is 0 Å². The number of benzene rings is 1. The van der Waals surface area contributed by atoms with Crippen LogP contribution < -0.4 is 10.2 Å². The number of halogens is 1. The third kappa shape index (κ3) is 4.47. The van der Waals surface area contributed by atoms with Crippen LogP contribution in [0.3, 0.4) is 0 Å². The van der Waals surface area contributed by atoms with Gasteiger partial charge in [0.25, 0.3) is 0 Å². The molecule has 0 unspecified atom stereocenters. The summed E-state index contributed by atoms with van der Waals surface area (Å²) in [6.07, 6.45) is 2.36. The Balaban J connectivity index is 1.96. The van der Waals surface area contributed by atoms with Crippen molar-refractivity contribution in [1.29, 1.82) is 0 Å². The maximum absolute atomic E-state index is 5.43. The van der Waals surface area contributed by atoms with E-state index in [-0.39, 0.29) is 0 Å². The molecule has 1 heterocycles. The predicted molar refractivity (Wildman–Crippen MR) is 88.3 cm³/mol. The molecule has 0 saturated carbocycles. The van der Waals surface area contributed by atoms with Crippen molar-refractivity contribution in [3.63, 3.8) is 0 Å². The van der Waals surface area contributed by atoms with E-state index in [1.807, 2.05) is 0 Å². The molecule has 0 spiro atoms. The highest BCUT2D eigenvalue weighted by molar-refractivity contribution is 9.10. The fourth-order valence-electron chi connectivity index (χ4n) is 2.65. The second-order valence-corrected chi connectivity index (χ2v) is 6.36. The van der Waals surface area contributed by atoms with E-state index in [1.54, 1.807) is 0 Å². The lowest BCUT2D eigenvalue weighted by molar-refractivity contribution is 0.0685. The first-order valence-electron chi connectivity index (χ1n) is 7.48. The lowest BCUT2D eigenvalue weighted by Gasteiger charge is -2.29. The van der Waals surface area contributed by atoms with Gasteiger partial charge in [-0.1, -0.05) is 13.0 Å². The molecule has 4 heteroatoms. The fraction of sp³-hybridized carbons (Fsp3) is 0.625. The number of ether oxygens (including phenoxy) is 1. The molecule has 0 aliphatic carbocycles. The molecule has 1 aliphatic rings. The lowest BCUT2D eigenvalue weighted by atomic mass is 9.99. The zero-order valence-electron chi connectivity index (χ0n) is 12.5. The summed E-state index contributed by atoms with van der Waals surface area (Å²) in [6.45, 7) is 7.00. The Morgan fingerprint density at radius 2 is 2.10 bits per heavy atom. The molecular formula is C16H25BrN2O. The Morgan fingerprint density at radius 1 is 1.35 bits per heavy atom. The molecule has 1 N–H and O–H groups in total. The SMILES string of the molecule is CCNCc1ccc(N(C)CC2CCOCC2)c(Br)c1. The highest BCUT2D eigenvalue weighted by atomic mass is 79.9. The average molecular weight is 341 g/mol. The molecule has 20 heavy (non-hydrogen) atoms. The first-order chi connectivity index (χ1) is 9.70. The Kier molecular flexibility index (Phi) is 6.33. The van der Waals surface area contributed by atoms with Crippen molar-refractivity contribution in [3.05, 3.63) is 28.2 Å². The Labute approximate surface area is 130 Å². The van der Waals surface area contributed by atoms with Crippen molar-refractivity contribution in [1.82, 2.24) is 5.32 Å². The van der Waals surface area contributed by atoms with Crippen molar-refractivity contribution in [2.45, 2.75) is 26.3 Å². The van der Waals surface area contributed by atoms with Crippen molar-refractivity contribution in [2.75, 3.05) is 38.3 Å². The van der Waals surface area contributed by atoms with E-state index in [4.69, 9.17) is 4.74 Å². The van der Waals surface area contributed by atoms with Gasteiger partial charge in [0.1, 0.15) is 0 Å². The van der Waals surface area contributed by atoms with Crippen LogP contribution in [0, 0.1) is 5.92 Å². The highest BCUT2D eigenvalue weighted by Crippen LogP contribution is 2.28. The summed E-state index contributed by atoms with van der Waals surface area (Å²) in [6, 6.07) is 6.65. The summed E-state index contributed by atoms with van der Waals surface area (Å²) in [4.78, 5) is 2.36. The maximum atomic E-state index is 5.43. The normalized spacial score (nSPS) is 16.4. The van der Waals surface area contributed by atoms with Crippen LogP contribution in [-0.2, 0) is 11.3 Å². The molecule has 1 fully saturated rings. The molecule has 0 radical (unpaired) electrons. The molecule has 2 rings (SSSR count). The molecule has 3 nitrogen and oxygen atoms in total. The standard InChI is InChI=1S/C16H25BrN2O/c1-3-18-11-14-4-5-16(15(17)10-14)19(2)12-13-6-8-20-9-7-13/h4-5,10,13,18H,3,6-9,11-12H2,1-2H3. The van der Waals surface area contributed by atoms with Crippen molar-refractivity contribution in [2.24, 2.45) is 5.92 Å². The third-order valence-electron chi connectivity index (χ3n) is 3.88. The number of rotatable bonds is 6. The van der Waals surface area contributed by atoms with Gasteiger partial charge >= 0.3 is 0 Å². The largest absolute Gasteiger partial charge is 0.381 e. The molecule has 1 saturated heterocycles. The minimum atomic E-state index is 0.752. The predicted octanol–water partition coefficient (Wildman–Crippen LogP) is 3.42. The van der Waals surface area contributed by atoms with Gasteiger partial charge in [0, 0.05) is 37.8 Å². The van der Waals surface area contributed by atoms with Gasteiger partial charge in [-0.05, 0) is 58.9 Å². The van der Waals surface area contributed by atoms with E-state index in [2.05, 4.69) is 58.3 Å². The topological polar surface area (TPSA) is 24.5 Å². The Hall–Kier alpha value is -0.580. The first kappa shape index (κ1) is 15.8. The quantitative estimate of drug-likeness (QED) is 0.858. The molecule has 0 amide bonds. The molecule has 1 aromatic carbocycles. The van der Waals surface area contributed by atoms with E-state index >= 15 is 0 Å². The minimum absolute atomic E-state index is 0.752. The number of nitrogens with zero attached hydrogens (tertiary/aromatic N) is 1. The van der Waals surface area contributed by atoms with Crippen molar-refractivity contribution < 1.29 is 4.74 Å². The minimum Gasteiger partial charge on any atom is -0.381 e. The number of anilines is 1. The van der Waals surface area contributed by atoms with Gasteiger partial charge in [-0.15, -0.1) is 0 Å². The molecule has 112 valence electrons. The summed E-state index contributed by atoms with van der Waals surface area (Å²) in [5.74, 6) is 0.752. The van der Waals surface area contributed by atoms with Crippen LogP contribution in [0.4, 0.5) is 5.69 Å². The van der Waals surface area contributed by atoms with E-state index in [9.17, 15) is 0 Å². The molecule has 1 aliphatic heterocycles. The van der Waals surface area contributed by atoms with Crippen LogP contribution in [0.5, 0.6) is 0 Å². The second kappa shape index (κ2) is 8.01. The van der Waals surface area contributed by atoms with Crippen LogP contribution in [0.2, 0.25) is 0 Å². The number of hydrogen-bond acceptors (Lipinski definition) is 3. The summed E-state index contributed by atoms with van der Waals surface area (Å²) < 4.78 is 6.61. The molecule has 0 aromatic heterocycles. The Morgan fingerprint density at radius 3 is 2.75 bits per heavy atom. The lowest BCUT2D eigenvalue weighted by Crippen LogP contribution is -2.29. The molecule has 0 atom stereocenters. The number of nitrogens with one attached hydrogen (secondary N) is 1. The van der Waals surface area contributed by atoms with Gasteiger partial charge in [-0.3, -0.25) is 0 Å². The second-order valence-electron chi connectivity index (χ2n) is 5.50. The summed E-state index contributed by atoms with van der Waals surface area (Å²) in [7, 11) is 2.18. The van der Waals surface area contributed by atoms with Crippen molar-refractivity contribution >= 4 is 21.6 Å². The highest BCUT2D eigenvalue weighted by Gasteiger charge is 2.17.